The topological polar surface area (TPSA) is 81.9 Å². The van der Waals surface area contributed by atoms with Crippen LogP contribution in [-0.2, 0) is 0 Å². The van der Waals surface area contributed by atoms with Crippen LogP contribution in [0.3, 0.4) is 0 Å². The molecule has 0 fully saturated rings. The van der Waals surface area contributed by atoms with Gasteiger partial charge in [0.25, 0.3) is 0 Å². The van der Waals surface area contributed by atoms with Crippen molar-refractivity contribution in [2.45, 2.75) is 20.3 Å². The van der Waals surface area contributed by atoms with Crippen LogP contribution in [0, 0.1) is 5.92 Å². The Labute approximate surface area is 144 Å². The molecule has 0 radical (unpaired) electrons. The van der Waals surface area contributed by atoms with Gasteiger partial charge in [0.1, 0.15) is 5.75 Å². The second-order valence-electron chi connectivity index (χ2n) is 6.08. The van der Waals surface area contributed by atoms with Crippen molar-refractivity contribution in [3.8, 4) is 17.3 Å². The van der Waals surface area contributed by atoms with Gasteiger partial charge in [0, 0.05) is 6.20 Å². The highest BCUT2D eigenvalue weighted by Crippen LogP contribution is 2.14. The first-order chi connectivity index (χ1) is 12.1. The van der Waals surface area contributed by atoms with E-state index in [1.807, 2.05) is 0 Å². The summed E-state index contributed by atoms with van der Waals surface area (Å²) in [5.74, 6) is 1.64. The second-order valence-corrected chi connectivity index (χ2v) is 6.08. The van der Waals surface area contributed by atoms with Crippen LogP contribution in [0.15, 0.2) is 58.3 Å². The molecular formula is C18H20N4O3. The normalized spacial score (nSPS) is 11.0. The fourth-order valence-electron chi connectivity index (χ4n) is 2.35. The van der Waals surface area contributed by atoms with Crippen LogP contribution in [0.1, 0.15) is 20.3 Å². The SMILES string of the molecule is CC(C)CCOc1ccc(-n2c(=O)[nH]n(-c3ccccn3)c2=O)cc1. The zero-order valence-corrected chi connectivity index (χ0v) is 14.2. The fourth-order valence-corrected chi connectivity index (χ4v) is 2.35. The smallest absolute Gasteiger partial charge is 0.357 e. The minimum Gasteiger partial charge on any atom is -0.494 e. The van der Waals surface area contributed by atoms with Gasteiger partial charge >= 0.3 is 11.4 Å². The van der Waals surface area contributed by atoms with E-state index in [1.165, 1.54) is 0 Å². The number of rotatable bonds is 6. The molecule has 0 bridgehead atoms. The second kappa shape index (κ2) is 7.21. The molecule has 0 aliphatic carbocycles. The monoisotopic (exact) mass is 340 g/mol. The lowest BCUT2D eigenvalue weighted by molar-refractivity contribution is 0.289. The number of aromatic amines is 1. The summed E-state index contributed by atoms with van der Waals surface area (Å²) in [6.45, 7) is 4.91. The number of nitrogens with zero attached hydrogens (tertiary/aromatic N) is 3. The molecule has 25 heavy (non-hydrogen) atoms. The van der Waals surface area contributed by atoms with Crippen molar-refractivity contribution >= 4 is 0 Å². The molecule has 0 spiro atoms. The summed E-state index contributed by atoms with van der Waals surface area (Å²) in [5, 5.41) is 2.51. The number of hydrogen-bond donors (Lipinski definition) is 1. The lowest BCUT2D eigenvalue weighted by Crippen LogP contribution is -2.27. The van der Waals surface area contributed by atoms with Gasteiger partial charge < -0.3 is 4.74 Å². The predicted octanol–water partition coefficient (Wildman–Crippen LogP) is 2.14. The summed E-state index contributed by atoms with van der Waals surface area (Å²) in [4.78, 5) is 28.8. The van der Waals surface area contributed by atoms with E-state index < -0.39 is 11.4 Å². The van der Waals surface area contributed by atoms with Crippen LogP contribution < -0.4 is 16.1 Å². The molecule has 0 aliphatic heterocycles. The number of hydrogen-bond acceptors (Lipinski definition) is 4. The quantitative estimate of drug-likeness (QED) is 0.745. The third-order valence-electron chi connectivity index (χ3n) is 3.73. The Kier molecular flexibility index (Phi) is 4.83. The van der Waals surface area contributed by atoms with E-state index in [9.17, 15) is 9.59 Å². The van der Waals surface area contributed by atoms with Crippen LogP contribution in [0.4, 0.5) is 0 Å². The highest BCUT2D eigenvalue weighted by Gasteiger charge is 2.13. The molecule has 0 saturated heterocycles. The van der Waals surface area contributed by atoms with Gasteiger partial charge in [-0.1, -0.05) is 19.9 Å². The maximum Gasteiger partial charge on any atom is 0.357 e. The maximum absolute atomic E-state index is 12.5. The third kappa shape index (κ3) is 3.71. The van der Waals surface area contributed by atoms with E-state index in [-0.39, 0.29) is 0 Å². The molecule has 3 rings (SSSR count). The Balaban J connectivity index is 1.86. The number of aromatic nitrogens is 4. The molecule has 7 nitrogen and oxygen atoms in total. The summed E-state index contributed by atoms with van der Waals surface area (Å²) in [6.07, 6.45) is 2.52. The Bertz CT molecular complexity index is 937. The van der Waals surface area contributed by atoms with Gasteiger partial charge in [0.15, 0.2) is 5.82 Å². The van der Waals surface area contributed by atoms with Gasteiger partial charge in [-0.3, -0.25) is 0 Å². The van der Waals surface area contributed by atoms with Gasteiger partial charge in [-0.15, -0.1) is 0 Å². The molecule has 2 heterocycles. The summed E-state index contributed by atoms with van der Waals surface area (Å²) < 4.78 is 7.84. The molecule has 0 saturated carbocycles. The minimum absolute atomic E-state index is 0.358. The number of benzene rings is 1. The molecule has 0 amide bonds. The van der Waals surface area contributed by atoms with Crippen molar-refractivity contribution in [2.75, 3.05) is 6.61 Å². The molecule has 0 atom stereocenters. The molecule has 0 aliphatic rings. The molecule has 3 aromatic rings. The van der Waals surface area contributed by atoms with Gasteiger partial charge in [-0.2, -0.15) is 4.68 Å². The van der Waals surface area contributed by atoms with Crippen LogP contribution in [0.2, 0.25) is 0 Å². The predicted molar refractivity (Wildman–Crippen MR) is 94.7 cm³/mol. The number of ether oxygens (including phenoxy) is 1. The van der Waals surface area contributed by atoms with Gasteiger partial charge in [0.2, 0.25) is 0 Å². The number of nitrogens with one attached hydrogen (secondary N) is 1. The van der Waals surface area contributed by atoms with E-state index >= 15 is 0 Å². The number of H-pyrrole nitrogens is 1. The van der Waals surface area contributed by atoms with Crippen LogP contribution in [0.5, 0.6) is 5.75 Å². The molecule has 1 aromatic carbocycles. The summed E-state index contributed by atoms with van der Waals surface area (Å²) in [5.41, 5.74) is -0.557. The molecule has 2 aromatic heterocycles. The first kappa shape index (κ1) is 16.8. The van der Waals surface area contributed by atoms with Crippen molar-refractivity contribution in [3.05, 3.63) is 69.6 Å². The van der Waals surface area contributed by atoms with Crippen molar-refractivity contribution in [1.29, 1.82) is 0 Å². The molecule has 1 N–H and O–H groups in total. The first-order valence-electron chi connectivity index (χ1n) is 8.15. The first-order valence-corrected chi connectivity index (χ1v) is 8.15. The average Bonchev–Trinajstić information content (AvgIpc) is 2.91. The largest absolute Gasteiger partial charge is 0.494 e. The van der Waals surface area contributed by atoms with Crippen LogP contribution in [-0.4, -0.2) is 25.9 Å². The average molecular weight is 340 g/mol. The van der Waals surface area contributed by atoms with E-state index in [2.05, 4.69) is 23.9 Å². The Morgan fingerprint density at radius 2 is 1.88 bits per heavy atom. The van der Waals surface area contributed by atoms with Crippen molar-refractivity contribution < 1.29 is 4.74 Å². The highest BCUT2D eigenvalue weighted by atomic mass is 16.5. The summed E-state index contributed by atoms with van der Waals surface area (Å²) in [6, 6.07) is 12.0. The maximum atomic E-state index is 12.5. The lowest BCUT2D eigenvalue weighted by Gasteiger charge is -2.08. The van der Waals surface area contributed by atoms with Gasteiger partial charge in [0.05, 0.1) is 12.3 Å². The molecule has 130 valence electrons. The fraction of sp³-hybridized carbons (Fsp3) is 0.278. The van der Waals surface area contributed by atoms with E-state index in [0.717, 1.165) is 15.7 Å². The zero-order chi connectivity index (χ0) is 17.8. The summed E-state index contributed by atoms with van der Waals surface area (Å²) in [7, 11) is 0. The molecule has 0 unspecified atom stereocenters. The van der Waals surface area contributed by atoms with Crippen molar-refractivity contribution in [2.24, 2.45) is 5.92 Å². The van der Waals surface area contributed by atoms with Crippen LogP contribution >= 0.6 is 0 Å². The third-order valence-corrected chi connectivity index (χ3v) is 3.73. The molecule has 7 heteroatoms. The van der Waals surface area contributed by atoms with Gasteiger partial charge in [-0.25, -0.2) is 24.2 Å². The van der Waals surface area contributed by atoms with Crippen molar-refractivity contribution in [1.82, 2.24) is 19.3 Å². The lowest BCUT2D eigenvalue weighted by atomic mass is 10.1. The standard InChI is InChI=1S/C18H20N4O3/c1-13(2)10-12-25-15-8-6-14(7-9-15)21-17(23)20-22(18(21)24)16-5-3-4-11-19-16/h3-9,11,13H,10,12H2,1-2H3,(H,20,23). The molecular weight excluding hydrogens is 320 g/mol. The van der Waals surface area contributed by atoms with E-state index in [0.29, 0.717) is 29.8 Å². The summed E-state index contributed by atoms with van der Waals surface area (Å²) >= 11 is 0. The van der Waals surface area contributed by atoms with Crippen LogP contribution in [0.25, 0.3) is 11.5 Å². The highest BCUT2D eigenvalue weighted by molar-refractivity contribution is 5.37. The van der Waals surface area contributed by atoms with Crippen molar-refractivity contribution in [3.63, 3.8) is 0 Å². The Morgan fingerprint density at radius 1 is 1.12 bits per heavy atom. The van der Waals surface area contributed by atoms with Gasteiger partial charge in [-0.05, 0) is 48.7 Å². The van der Waals surface area contributed by atoms with E-state index in [4.69, 9.17) is 4.74 Å². The van der Waals surface area contributed by atoms with E-state index in [1.54, 1.807) is 48.7 Å². The Morgan fingerprint density at radius 3 is 2.52 bits per heavy atom. The minimum atomic E-state index is -0.524. The Hall–Kier alpha value is -3.09. The number of pyridine rings is 1. The zero-order valence-electron chi connectivity index (χ0n) is 14.2.